The first-order valence-corrected chi connectivity index (χ1v) is 43.1. The molecule has 0 atom stereocenters. The van der Waals surface area contributed by atoms with E-state index >= 15 is 0 Å². The van der Waals surface area contributed by atoms with Crippen molar-refractivity contribution in [2.75, 3.05) is 0 Å². The van der Waals surface area contributed by atoms with Gasteiger partial charge in [0.1, 0.15) is 0 Å². The minimum atomic E-state index is 0.511. The van der Waals surface area contributed by atoms with E-state index in [1.807, 2.05) is 52.6 Å². The molecular formula is C110H76N6S3. The summed E-state index contributed by atoms with van der Waals surface area (Å²) >= 11 is 5.69. The molecule has 0 N–H and O–H groups in total. The number of aromatic nitrogens is 6. The van der Waals surface area contributed by atoms with E-state index in [2.05, 4.69) is 358 Å². The normalized spacial score (nSPS) is 11.9. The Morgan fingerprint density at radius 1 is 0.210 bits per heavy atom. The van der Waals surface area contributed by atoms with Crippen molar-refractivity contribution >= 4 is 192 Å². The molecule has 0 bridgehead atoms. The van der Waals surface area contributed by atoms with Crippen LogP contribution in [0.15, 0.2) is 328 Å². The van der Waals surface area contributed by atoms with E-state index < -0.39 is 0 Å². The van der Waals surface area contributed by atoms with Gasteiger partial charge in [0, 0.05) is 110 Å². The van der Waals surface area contributed by atoms with Gasteiger partial charge in [-0.3, -0.25) is 15.0 Å². The minimum absolute atomic E-state index is 0.511. The summed E-state index contributed by atoms with van der Waals surface area (Å²) in [7, 11) is 0. The Kier molecular flexibility index (Phi) is 17.4. The molecule has 24 aromatic rings. The van der Waals surface area contributed by atoms with Gasteiger partial charge in [-0.05, 0) is 207 Å². The van der Waals surface area contributed by atoms with Crippen LogP contribution in [0, 0.1) is 34.6 Å². The Labute approximate surface area is 699 Å². The number of thiophene rings is 3. The monoisotopic (exact) mass is 1580 g/mol. The van der Waals surface area contributed by atoms with Crippen LogP contribution in [0.4, 0.5) is 0 Å². The predicted molar refractivity (Wildman–Crippen MR) is 513 cm³/mol. The van der Waals surface area contributed by atoms with Gasteiger partial charge in [0.2, 0.25) is 0 Å². The highest BCUT2D eigenvalue weighted by atomic mass is 32.1. The fourth-order valence-corrected chi connectivity index (χ4v) is 21.7. The minimum Gasteiger partial charge on any atom is -0.252 e. The van der Waals surface area contributed by atoms with Crippen LogP contribution in [-0.4, -0.2) is 29.9 Å². The van der Waals surface area contributed by atoms with Gasteiger partial charge < -0.3 is 0 Å². The number of benzene rings is 18. The molecule has 6 heterocycles. The van der Waals surface area contributed by atoms with Gasteiger partial charge in [-0.2, -0.15) is 0 Å². The largest absolute Gasteiger partial charge is 0.252 e. The van der Waals surface area contributed by atoms with E-state index in [0.29, 0.717) is 5.92 Å². The third-order valence-electron chi connectivity index (χ3n) is 24.1. The molecule has 0 saturated carbocycles. The second kappa shape index (κ2) is 28.8. The van der Waals surface area contributed by atoms with Crippen molar-refractivity contribution in [1.29, 1.82) is 0 Å². The number of rotatable bonds is 7. The molecule has 0 aliphatic rings. The van der Waals surface area contributed by atoms with Crippen molar-refractivity contribution in [1.82, 2.24) is 29.9 Å². The quantitative estimate of drug-likeness (QED) is 0.148. The molecule has 0 spiro atoms. The number of hydrogen-bond acceptors (Lipinski definition) is 9. The van der Waals surface area contributed by atoms with Crippen molar-refractivity contribution in [3.63, 3.8) is 0 Å². The number of nitrogens with zero attached hydrogens (tertiary/aromatic N) is 6. The maximum absolute atomic E-state index is 5.22. The molecule has 0 unspecified atom stereocenters. The smallest absolute Gasteiger partial charge is 0.0979 e. The van der Waals surface area contributed by atoms with Crippen LogP contribution in [0.3, 0.4) is 0 Å². The van der Waals surface area contributed by atoms with Gasteiger partial charge >= 0.3 is 0 Å². The number of hydrogen-bond donors (Lipinski definition) is 0. The van der Waals surface area contributed by atoms with E-state index in [4.69, 9.17) is 29.9 Å². The molecule has 0 saturated heterocycles. The van der Waals surface area contributed by atoms with Crippen LogP contribution < -0.4 is 0 Å². The van der Waals surface area contributed by atoms with Gasteiger partial charge in [-0.25, -0.2) is 15.0 Å². The molecule has 9 heteroatoms. The van der Waals surface area contributed by atoms with Gasteiger partial charge in [0.05, 0.1) is 68.8 Å². The van der Waals surface area contributed by atoms with Crippen molar-refractivity contribution in [3.05, 3.63) is 361 Å². The lowest BCUT2D eigenvalue weighted by molar-refractivity contribution is 0.869. The first-order chi connectivity index (χ1) is 58.3. The highest BCUT2D eigenvalue weighted by Crippen LogP contribution is 2.46. The first-order valence-electron chi connectivity index (χ1n) is 40.7. The summed E-state index contributed by atoms with van der Waals surface area (Å²) in [5.41, 5.74) is 26.8. The van der Waals surface area contributed by atoms with Crippen molar-refractivity contribution < 1.29 is 0 Å². The Balaban J connectivity index is 0.000000107. The lowest BCUT2D eigenvalue weighted by atomic mass is 9.97. The van der Waals surface area contributed by atoms with Crippen molar-refractivity contribution in [2.45, 2.75) is 54.4 Å². The molecule has 0 amide bonds. The average Bonchev–Trinajstić information content (AvgIpc) is 1.74. The number of fused-ring (bicyclic) bond motifs is 27. The standard InChI is InChI=1S/2C37H26N2S.C36H24N2S/c1-21-15-22(2)36-31(16-21)32-19-26(17-23(3)37(32)40-36)24-9-8-10-25(18-24)33-20-38-34-29-13-6-4-11-27(29)28-12-5-7-14-30(28)35(34)39-33;1-22(2)23-14-16-34-31(19-23)32-20-25(15-17-35(32)40-34)24-8-7-9-26(18-24)33-21-38-36-29-12-5-3-10-27(29)28-11-4-6-13-30(28)37(36)39-33;1-21-9-7-16-30-31-19-25(17-22(2)36(31)39-35(21)30)23-10-8-11-24(18-23)32-20-37-33-28-14-5-3-12-26(28)27-13-4-6-15-29(27)34(33)38-32/h4-20H,1-3H3;3-22H,1-2H3;3-20H,1-2H3. The highest BCUT2D eigenvalue weighted by Gasteiger charge is 2.21. The molecule has 0 radical (unpaired) electrons. The SMILES string of the molecule is CC(C)c1ccc2sc3ccc(-c4cccc(-c5cnc6c7ccccc7c7ccccc7c6n5)c4)cc3c2c1.Cc1cc(C)c2sc3c(C)cc(-c4cccc(-c5cnc6c7ccccc7c7ccccc7c6n5)c4)cc3c2c1.Cc1cccc2c1sc1c(C)cc(-c3cccc(-c4cnc5c6ccccc6c6ccccc6c5n4)c3)cc12. The maximum Gasteiger partial charge on any atom is 0.0979 e. The molecule has 18 aromatic carbocycles. The Bertz CT molecular complexity index is 8270. The number of aryl methyl sites for hydroxylation is 5. The zero-order valence-electron chi connectivity index (χ0n) is 66.7. The third-order valence-corrected chi connectivity index (χ3v) is 28.2. The van der Waals surface area contributed by atoms with E-state index in [0.717, 1.165) is 99.2 Å². The zero-order valence-corrected chi connectivity index (χ0v) is 69.1. The lowest BCUT2D eigenvalue weighted by Gasteiger charge is -2.11. The fourth-order valence-electron chi connectivity index (χ4n) is 18.2. The predicted octanol–water partition coefficient (Wildman–Crippen LogP) is 31.6. The third kappa shape index (κ3) is 12.3. The zero-order chi connectivity index (χ0) is 79.8. The second-order valence-corrected chi connectivity index (χ2v) is 35.2. The topological polar surface area (TPSA) is 77.3 Å². The van der Waals surface area contributed by atoms with Crippen LogP contribution in [0.2, 0.25) is 0 Å². The van der Waals surface area contributed by atoms with E-state index in [1.165, 1.54) is 160 Å². The van der Waals surface area contributed by atoms with Gasteiger partial charge in [0.15, 0.2) is 0 Å². The van der Waals surface area contributed by atoms with E-state index in [-0.39, 0.29) is 0 Å². The highest BCUT2D eigenvalue weighted by molar-refractivity contribution is 7.27. The lowest BCUT2D eigenvalue weighted by Crippen LogP contribution is -1.92. The fraction of sp³-hybridized carbons (Fsp3) is 0.0727. The van der Waals surface area contributed by atoms with Gasteiger partial charge in [-0.1, -0.05) is 256 Å². The summed E-state index contributed by atoms with van der Waals surface area (Å²) in [4.78, 5) is 30.5. The summed E-state index contributed by atoms with van der Waals surface area (Å²) in [5, 5.41) is 22.2. The molecule has 6 nitrogen and oxygen atoms in total. The van der Waals surface area contributed by atoms with Gasteiger partial charge in [0.25, 0.3) is 0 Å². The van der Waals surface area contributed by atoms with E-state index in [1.54, 1.807) is 0 Å². The van der Waals surface area contributed by atoms with Crippen LogP contribution in [0.5, 0.6) is 0 Å². The van der Waals surface area contributed by atoms with Crippen molar-refractivity contribution in [3.8, 4) is 67.2 Å². The second-order valence-electron chi connectivity index (χ2n) is 32.1. The molecule has 0 aliphatic carbocycles. The maximum atomic E-state index is 5.22. The Morgan fingerprint density at radius 3 is 0.941 bits per heavy atom. The molecule has 24 rings (SSSR count). The van der Waals surface area contributed by atoms with Crippen molar-refractivity contribution in [2.24, 2.45) is 0 Å². The molecule has 0 fully saturated rings. The van der Waals surface area contributed by atoms with Crippen LogP contribution in [0.25, 0.3) is 225 Å². The summed E-state index contributed by atoms with van der Waals surface area (Å²) in [6, 6.07) is 112. The van der Waals surface area contributed by atoms with Gasteiger partial charge in [-0.15, -0.1) is 34.0 Å². The molecule has 119 heavy (non-hydrogen) atoms. The molecule has 0 aliphatic heterocycles. The summed E-state index contributed by atoms with van der Waals surface area (Å²) < 4.78 is 8.20. The Hall–Kier alpha value is -13.8. The molecule has 6 aromatic heterocycles. The molecule has 564 valence electrons. The molecular weight excluding hydrogens is 1500 g/mol. The summed E-state index contributed by atoms with van der Waals surface area (Å²) in [6.45, 7) is 15.6. The average molecular weight is 1580 g/mol. The van der Waals surface area contributed by atoms with E-state index in [9.17, 15) is 0 Å². The van der Waals surface area contributed by atoms with Crippen LogP contribution >= 0.6 is 34.0 Å². The van der Waals surface area contributed by atoms with Crippen LogP contribution in [0.1, 0.15) is 53.1 Å². The summed E-state index contributed by atoms with van der Waals surface area (Å²) in [5.74, 6) is 0.511. The summed E-state index contributed by atoms with van der Waals surface area (Å²) in [6.07, 6.45) is 5.77. The first kappa shape index (κ1) is 71.7. The van der Waals surface area contributed by atoms with Crippen LogP contribution in [-0.2, 0) is 0 Å². The Morgan fingerprint density at radius 2 is 0.521 bits per heavy atom.